The number of aliphatic imine (C=N–C) groups is 1. The molecule has 0 saturated carbocycles. The Labute approximate surface area is 212 Å². The smallest absolute Gasteiger partial charge is 0.317 e. The minimum absolute atomic E-state index is 0.0349. The van der Waals surface area contributed by atoms with Crippen LogP contribution in [0, 0.1) is 5.95 Å². The number of nitrogens with one attached hydrogen (secondary N) is 1. The highest BCUT2D eigenvalue weighted by atomic mass is 19.1. The second-order valence-electron chi connectivity index (χ2n) is 8.71. The Balaban J connectivity index is 1.32. The average Bonchev–Trinajstić information content (AvgIpc) is 3.35. The summed E-state index contributed by atoms with van der Waals surface area (Å²) >= 11 is 0. The van der Waals surface area contributed by atoms with Gasteiger partial charge in [0.15, 0.2) is 11.9 Å². The number of anilines is 2. The summed E-state index contributed by atoms with van der Waals surface area (Å²) in [4.78, 5) is 24.0. The van der Waals surface area contributed by atoms with Crippen LogP contribution in [0.5, 0.6) is 0 Å². The van der Waals surface area contributed by atoms with Gasteiger partial charge in [0.25, 0.3) is 5.89 Å². The number of morpholine rings is 1. The van der Waals surface area contributed by atoms with E-state index in [-0.39, 0.29) is 24.1 Å². The highest BCUT2D eigenvalue weighted by Crippen LogP contribution is 2.30. The van der Waals surface area contributed by atoms with Gasteiger partial charge < -0.3 is 19.4 Å². The lowest BCUT2D eigenvalue weighted by atomic mass is 9.96. The summed E-state index contributed by atoms with van der Waals surface area (Å²) in [6.45, 7) is 2.16. The van der Waals surface area contributed by atoms with E-state index in [9.17, 15) is 9.18 Å². The molecule has 0 aliphatic carbocycles. The van der Waals surface area contributed by atoms with Crippen LogP contribution >= 0.6 is 0 Å². The molecule has 1 N–H and O–H groups in total. The second kappa shape index (κ2) is 9.90. The first-order valence-electron chi connectivity index (χ1n) is 12.0. The van der Waals surface area contributed by atoms with Gasteiger partial charge in [0, 0.05) is 30.6 Å². The van der Waals surface area contributed by atoms with Crippen LogP contribution in [-0.2, 0) is 16.0 Å². The summed E-state index contributed by atoms with van der Waals surface area (Å²) in [5.41, 5.74) is 3.91. The van der Waals surface area contributed by atoms with Gasteiger partial charge in [0.2, 0.25) is 5.95 Å². The average molecular weight is 499 g/mol. The fourth-order valence-electron chi connectivity index (χ4n) is 4.52. The summed E-state index contributed by atoms with van der Waals surface area (Å²) in [5.74, 6) is -0.165. The highest BCUT2D eigenvalue weighted by molar-refractivity contribution is 6.16. The Hall–Kier alpha value is -4.44. The van der Waals surface area contributed by atoms with Crippen LogP contribution in [0.1, 0.15) is 16.7 Å². The lowest BCUT2D eigenvalue weighted by Crippen LogP contribution is -2.37. The Kier molecular flexibility index (Phi) is 6.15. The first kappa shape index (κ1) is 23.0. The van der Waals surface area contributed by atoms with E-state index in [0.29, 0.717) is 43.4 Å². The first-order valence-corrected chi connectivity index (χ1v) is 12.0. The number of aromatic nitrogens is 3. The Morgan fingerprint density at radius 3 is 2.54 bits per heavy atom. The molecule has 0 spiro atoms. The quantitative estimate of drug-likeness (QED) is 0.417. The number of carbonyl (C=O) groups excluding carboxylic acids is 1. The maximum Gasteiger partial charge on any atom is 0.317 e. The van der Waals surface area contributed by atoms with Crippen molar-refractivity contribution in [3.63, 3.8) is 0 Å². The molecule has 1 saturated heterocycles. The molecule has 9 nitrogen and oxygen atoms in total. The monoisotopic (exact) mass is 498 g/mol. The molecule has 4 aromatic rings. The van der Waals surface area contributed by atoms with E-state index >= 15 is 0 Å². The molecule has 37 heavy (non-hydrogen) atoms. The molecule has 1 atom stereocenters. The lowest BCUT2D eigenvalue weighted by Gasteiger charge is -2.28. The molecule has 10 heteroatoms. The molecule has 1 fully saturated rings. The summed E-state index contributed by atoms with van der Waals surface area (Å²) in [7, 11) is 0. The van der Waals surface area contributed by atoms with Gasteiger partial charge in [-0.2, -0.15) is 4.39 Å². The van der Waals surface area contributed by atoms with Gasteiger partial charge in [-0.25, -0.2) is 4.98 Å². The van der Waals surface area contributed by atoms with Crippen LogP contribution < -0.4 is 10.2 Å². The van der Waals surface area contributed by atoms with Crippen LogP contribution in [-0.4, -0.2) is 59.1 Å². The van der Waals surface area contributed by atoms with E-state index in [1.807, 2.05) is 59.5 Å². The summed E-state index contributed by atoms with van der Waals surface area (Å²) in [5, 5.41) is 11.2. The topological polar surface area (TPSA) is 106 Å². The molecule has 1 unspecified atom stereocenters. The molecular weight excluding hydrogens is 475 g/mol. The molecule has 0 bridgehead atoms. The molecule has 4 heterocycles. The van der Waals surface area contributed by atoms with Crippen LogP contribution in [0.3, 0.4) is 0 Å². The minimum Gasteiger partial charge on any atom is -0.403 e. The van der Waals surface area contributed by atoms with Gasteiger partial charge in [0.1, 0.15) is 5.82 Å². The number of halogens is 1. The molecule has 186 valence electrons. The van der Waals surface area contributed by atoms with E-state index < -0.39 is 12.1 Å². The van der Waals surface area contributed by atoms with Crippen molar-refractivity contribution in [1.29, 1.82) is 0 Å². The number of rotatable bonds is 5. The number of hydrogen-bond donors (Lipinski definition) is 1. The maximum atomic E-state index is 14.0. The van der Waals surface area contributed by atoms with Gasteiger partial charge in [-0.1, -0.05) is 59.7 Å². The van der Waals surface area contributed by atoms with Crippen molar-refractivity contribution >= 4 is 23.3 Å². The second-order valence-corrected chi connectivity index (χ2v) is 8.71. The van der Waals surface area contributed by atoms with Crippen molar-refractivity contribution in [2.24, 2.45) is 4.99 Å². The van der Waals surface area contributed by atoms with Gasteiger partial charge in [-0.15, -0.1) is 5.10 Å². The van der Waals surface area contributed by atoms with E-state index in [4.69, 9.17) is 14.1 Å². The summed E-state index contributed by atoms with van der Waals surface area (Å²) in [6, 6.07) is 20.3. The number of benzene rings is 2. The predicted molar refractivity (Wildman–Crippen MR) is 135 cm³/mol. The van der Waals surface area contributed by atoms with Crippen molar-refractivity contribution in [1.82, 2.24) is 15.2 Å². The minimum atomic E-state index is -0.930. The SMILES string of the molecule is O=C1Cc2ccccc2C(c2ccccc2)=NC1Nc1nnc(-c2ccc(F)nc2N2CCOCC2)o1. The number of nitrogens with zero attached hydrogens (tertiary/aromatic N) is 5. The fraction of sp³-hybridized carbons (Fsp3) is 0.222. The standard InChI is InChI=1S/C27H23FN6O3/c28-22-11-10-20(25(29-22)34-12-14-36-15-13-34)26-32-33-27(37-26)31-24-21(35)16-18-8-4-5-9-19(18)23(30-24)17-6-2-1-3-7-17/h1-11,24H,12-16H2,(H,31,33). The molecule has 6 rings (SSSR count). The number of ether oxygens (including phenoxy) is 1. The maximum absolute atomic E-state index is 14.0. The number of carbonyl (C=O) groups is 1. The number of fused-ring (bicyclic) bond motifs is 1. The van der Waals surface area contributed by atoms with Crippen molar-refractivity contribution in [3.8, 4) is 11.5 Å². The lowest BCUT2D eigenvalue weighted by molar-refractivity contribution is -0.119. The molecule has 2 aliphatic heterocycles. The molecule has 0 amide bonds. The Morgan fingerprint density at radius 2 is 1.70 bits per heavy atom. The number of pyridine rings is 1. The zero-order valence-corrected chi connectivity index (χ0v) is 19.8. The van der Waals surface area contributed by atoms with Gasteiger partial charge in [-0.05, 0) is 17.7 Å². The number of hydrogen-bond acceptors (Lipinski definition) is 9. The van der Waals surface area contributed by atoms with Crippen LogP contribution in [0.2, 0.25) is 0 Å². The number of ketones is 1. The van der Waals surface area contributed by atoms with E-state index in [1.54, 1.807) is 6.07 Å². The third kappa shape index (κ3) is 4.70. The van der Waals surface area contributed by atoms with Crippen molar-refractivity contribution in [3.05, 3.63) is 89.4 Å². The molecule has 2 aromatic heterocycles. The van der Waals surface area contributed by atoms with E-state index in [0.717, 1.165) is 16.7 Å². The third-order valence-corrected chi connectivity index (χ3v) is 6.31. The molecular formula is C27H23FN6O3. The van der Waals surface area contributed by atoms with Crippen LogP contribution in [0.15, 0.2) is 76.1 Å². The third-order valence-electron chi connectivity index (χ3n) is 6.31. The first-order chi connectivity index (χ1) is 18.2. The Morgan fingerprint density at radius 1 is 0.919 bits per heavy atom. The summed E-state index contributed by atoms with van der Waals surface area (Å²) < 4.78 is 25.3. The zero-order chi connectivity index (χ0) is 25.2. The van der Waals surface area contributed by atoms with Crippen molar-refractivity contribution < 1.29 is 18.3 Å². The van der Waals surface area contributed by atoms with Crippen LogP contribution in [0.25, 0.3) is 11.5 Å². The van der Waals surface area contributed by atoms with E-state index in [2.05, 4.69) is 20.5 Å². The van der Waals surface area contributed by atoms with Gasteiger partial charge >= 0.3 is 6.01 Å². The normalized spacial score (nSPS) is 17.6. The molecule has 2 aliphatic rings. The van der Waals surface area contributed by atoms with Gasteiger partial charge in [-0.3, -0.25) is 9.79 Å². The molecule has 2 aromatic carbocycles. The van der Waals surface area contributed by atoms with Gasteiger partial charge in [0.05, 0.1) is 24.5 Å². The van der Waals surface area contributed by atoms with Crippen LogP contribution in [0.4, 0.5) is 16.2 Å². The van der Waals surface area contributed by atoms with E-state index in [1.165, 1.54) is 6.07 Å². The highest BCUT2D eigenvalue weighted by Gasteiger charge is 2.28. The van der Waals surface area contributed by atoms with Crippen molar-refractivity contribution in [2.75, 3.05) is 36.5 Å². The Bertz CT molecular complexity index is 1470. The molecule has 0 radical (unpaired) electrons. The predicted octanol–water partition coefficient (Wildman–Crippen LogP) is 3.51. The zero-order valence-electron chi connectivity index (χ0n) is 19.8. The largest absolute Gasteiger partial charge is 0.403 e. The number of Topliss-reactive ketones (excluding diaryl/α,β-unsaturated/α-hetero) is 1. The fourth-order valence-corrected chi connectivity index (χ4v) is 4.52. The van der Waals surface area contributed by atoms with Crippen molar-refractivity contribution in [2.45, 2.75) is 12.6 Å². The summed E-state index contributed by atoms with van der Waals surface area (Å²) in [6.07, 6.45) is -0.724.